The van der Waals surface area contributed by atoms with Gasteiger partial charge in [0.15, 0.2) is 11.8 Å². The van der Waals surface area contributed by atoms with E-state index in [1.54, 1.807) is 6.92 Å². The third-order valence-electron chi connectivity index (χ3n) is 2.68. The SMILES string of the molecule is COC(=O)C(C(C)=O)N1C(=O)C(C)C1SC. The van der Waals surface area contributed by atoms with Gasteiger partial charge in [0.1, 0.15) is 0 Å². The van der Waals surface area contributed by atoms with Crippen LogP contribution in [0.15, 0.2) is 0 Å². The minimum absolute atomic E-state index is 0.125. The largest absolute Gasteiger partial charge is 0.467 e. The number of Topliss-reactive ketones (excluding diaryl/α,β-unsaturated/α-hetero) is 1. The number of nitrogens with zero attached hydrogens (tertiary/aromatic N) is 1. The van der Waals surface area contributed by atoms with E-state index in [1.165, 1.54) is 30.7 Å². The lowest BCUT2D eigenvalue weighted by Crippen LogP contribution is -2.65. The summed E-state index contributed by atoms with van der Waals surface area (Å²) in [5, 5.41) is -0.125. The van der Waals surface area contributed by atoms with Crippen LogP contribution in [0.1, 0.15) is 13.8 Å². The maximum Gasteiger partial charge on any atom is 0.336 e. The number of carbonyl (C=O) groups excluding carboxylic acids is 3. The fraction of sp³-hybridized carbons (Fsp3) is 0.700. The van der Waals surface area contributed by atoms with Crippen molar-refractivity contribution in [2.24, 2.45) is 5.92 Å². The Morgan fingerprint density at radius 3 is 2.44 bits per heavy atom. The molecule has 1 rings (SSSR count). The van der Waals surface area contributed by atoms with Crippen LogP contribution < -0.4 is 0 Å². The standard InChI is InChI=1S/C10H15NO4S/c1-5-8(13)11(9(5)16-4)7(6(2)12)10(14)15-3/h5,7,9H,1-4H3. The molecule has 1 aliphatic rings. The van der Waals surface area contributed by atoms with Crippen LogP contribution >= 0.6 is 11.8 Å². The predicted molar refractivity (Wildman–Crippen MR) is 59.8 cm³/mol. The van der Waals surface area contributed by atoms with Crippen LogP contribution in [0.5, 0.6) is 0 Å². The highest BCUT2D eigenvalue weighted by molar-refractivity contribution is 7.99. The third kappa shape index (κ3) is 1.93. The van der Waals surface area contributed by atoms with Gasteiger partial charge in [-0.05, 0) is 13.2 Å². The number of ether oxygens (including phenoxy) is 1. The van der Waals surface area contributed by atoms with Gasteiger partial charge in [0.2, 0.25) is 5.91 Å². The highest BCUT2D eigenvalue weighted by Crippen LogP contribution is 2.35. The zero-order valence-electron chi connectivity index (χ0n) is 9.72. The summed E-state index contributed by atoms with van der Waals surface area (Å²) < 4.78 is 4.54. The quantitative estimate of drug-likeness (QED) is 0.404. The molecule has 3 unspecified atom stereocenters. The number of thioether (sulfide) groups is 1. The lowest BCUT2D eigenvalue weighted by molar-refractivity contribution is -0.167. The Kier molecular flexibility index (Phi) is 3.96. The zero-order chi connectivity index (χ0) is 12.5. The number of hydrogen-bond acceptors (Lipinski definition) is 5. The molecule has 0 aromatic heterocycles. The Morgan fingerprint density at radius 1 is 1.50 bits per heavy atom. The highest BCUT2D eigenvalue weighted by atomic mass is 32.2. The monoisotopic (exact) mass is 245 g/mol. The van der Waals surface area contributed by atoms with Crippen molar-refractivity contribution in [3.8, 4) is 0 Å². The summed E-state index contributed by atoms with van der Waals surface area (Å²) in [6.45, 7) is 3.07. The summed E-state index contributed by atoms with van der Waals surface area (Å²) in [5.74, 6) is -1.37. The number of amides is 1. The van der Waals surface area contributed by atoms with E-state index < -0.39 is 12.0 Å². The Hall–Kier alpha value is -1.04. The molecule has 1 heterocycles. The van der Waals surface area contributed by atoms with E-state index in [9.17, 15) is 14.4 Å². The molecule has 1 aliphatic heterocycles. The Morgan fingerprint density at radius 2 is 2.06 bits per heavy atom. The molecule has 90 valence electrons. The molecule has 6 heteroatoms. The van der Waals surface area contributed by atoms with Crippen molar-refractivity contribution < 1.29 is 19.1 Å². The molecule has 1 fully saturated rings. The van der Waals surface area contributed by atoms with E-state index >= 15 is 0 Å². The van der Waals surface area contributed by atoms with Crippen LogP contribution in [0.2, 0.25) is 0 Å². The van der Waals surface area contributed by atoms with Crippen molar-refractivity contribution in [1.82, 2.24) is 4.90 Å². The first-order valence-electron chi connectivity index (χ1n) is 4.89. The van der Waals surface area contributed by atoms with Gasteiger partial charge in [-0.15, -0.1) is 11.8 Å². The number of carbonyl (C=O) groups is 3. The maximum atomic E-state index is 11.6. The fourth-order valence-corrected chi connectivity index (χ4v) is 2.80. The van der Waals surface area contributed by atoms with E-state index in [-0.39, 0.29) is 23.0 Å². The molecule has 0 saturated carbocycles. The van der Waals surface area contributed by atoms with Gasteiger partial charge in [0, 0.05) is 0 Å². The van der Waals surface area contributed by atoms with Gasteiger partial charge < -0.3 is 9.64 Å². The van der Waals surface area contributed by atoms with E-state index in [0.717, 1.165) is 0 Å². The molecule has 5 nitrogen and oxygen atoms in total. The van der Waals surface area contributed by atoms with Gasteiger partial charge in [-0.2, -0.15) is 0 Å². The summed E-state index contributed by atoms with van der Waals surface area (Å²) in [6, 6.07) is -1.09. The van der Waals surface area contributed by atoms with Gasteiger partial charge in [0.25, 0.3) is 0 Å². The van der Waals surface area contributed by atoms with E-state index in [2.05, 4.69) is 4.74 Å². The fourth-order valence-electron chi connectivity index (χ4n) is 1.82. The van der Waals surface area contributed by atoms with Crippen molar-refractivity contribution in [2.75, 3.05) is 13.4 Å². The van der Waals surface area contributed by atoms with Crippen LogP contribution in [-0.2, 0) is 19.1 Å². The van der Waals surface area contributed by atoms with Gasteiger partial charge in [-0.25, -0.2) is 4.79 Å². The Bertz CT molecular complexity index is 331. The molecule has 3 atom stereocenters. The molecule has 0 bridgehead atoms. The molecular weight excluding hydrogens is 230 g/mol. The number of likely N-dealkylation sites (tertiary alicyclic amines) is 1. The highest BCUT2D eigenvalue weighted by Gasteiger charge is 2.51. The predicted octanol–water partition coefficient (Wildman–Crippen LogP) is 0.284. The smallest absolute Gasteiger partial charge is 0.336 e. The van der Waals surface area contributed by atoms with Crippen molar-refractivity contribution in [3.63, 3.8) is 0 Å². The normalized spacial score (nSPS) is 26.0. The molecule has 0 aromatic carbocycles. The maximum absolute atomic E-state index is 11.6. The number of β-lactam (4-membered cyclic amide) rings is 1. The average molecular weight is 245 g/mol. The molecule has 1 saturated heterocycles. The van der Waals surface area contributed by atoms with Crippen LogP contribution in [0.3, 0.4) is 0 Å². The number of hydrogen-bond donors (Lipinski definition) is 0. The first-order chi connectivity index (χ1) is 7.45. The lowest BCUT2D eigenvalue weighted by Gasteiger charge is -2.47. The van der Waals surface area contributed by atoms with E-state index in [4.69, 9.17) is 0 Å². The Balaban J connectivity index is 2.92. The molecule has 0 radical (unpaired) electrons. The second kappa shape index (κ2) is 4.86. The topological polar surface area (TPSA) is 63.7 Å². The number of ketones is 1. The van der Waals surface area contributed by atoms with Gasteiger partial charge >= 0.3 is 5.97 Å². The van der Waals surface area contributed by atoms with Crippen LogP contribution in [-0.4, -0.2) is 47.3 Å². The number of methoxy groups -OCH3 is 1. The molecule has 16 heavy (non-hydrogen) atoms. The molecule has 0 spiro atoms. The first kappa shape index (κ1) is 13.0. The minimum Gasteiger partial charge on any atom is -0.467 e. The summed E-state index contributed by atoms with van der Waals surface area (Å²) >= 11 is 1.45. The van der Waals surface area contributed by atoms with Crippen LogP contribution in [0.25, 0.3) is 0 Å². The zero-order valence-corrected chi connectivity index (χ0v) is 10.5. The molecule has 0 aliphatic carbocycles. The number of rotatable bonds is 4. The molecule has 1 amide bonds. The molecular formula is C10H15NO4S. The van der Waals surface area contributed by atoms with Crippen LogP contribution in [0, 0.1) is 5.92 Å². The summed E-state index contributed by atoms with van der Waals surface area (Å²) in [5.41, 5.74) is 0. The van der Waals surface area contributed by atoms with Gasteiger partial charge in [-0.1, -0.05) is 6.92 Å². The van der Waals surface area contributed by atoms with E-state index in [1.807, 2.05) is 6.26 Å². The molecule has 0 N–H and O–H groups in total. The summed E-state index contributed by atoms with van der Waals surface area (Å²) in [7, 11) is 1.21. The second-order valence-corrected chi connectivity index (χ2v) is 4.65. The third-order valence-corrected chi connectivity index (χ3v) is 3.79. The molecule has 0 aromatic rings. The number of esters is 1. The first-order valence-corrected chi connectivity index (χ1v) is 6.17. The van der Waals surface area contributed by atoms with Gasteiger partial charge in [0.05, 0.1) is 18.4 Å². The summed E-state index contributed by atoms with van der Waals surface area (Å²) in [4.78, 5) is 35.8. The van der Waals surface area contributed by atoms with E-state index in [0.29, 0.717) is 0 Å². The van der Waals surface area contributed by atoms with Gasteiger partial charge in [-0.3, -0.25) is 9.59 Å². The van der Waals surface area contributed by atoms with Crippen LogP contribution in [0.4, 0.5) is 0 Å². The minimum atomic E-state index is -1.09. The average Bonchev–Trinajstić information content (AvgIpc) is 2.26. The summed E-state index contributed by atoms with van der Waals surface area (Å²) in [6.07, 6.45) is 1.84. The lowest BCUT2D eigenvalue weighted by atomic mass is 9.96. The van der Waals surface area contributed by atoms with Crippen molar-refractivity contribution in [2.45, 2.75) is 25.3 Å². The second-order valence-electron chi connectivity index (χ2n) is 3.70. The van der Waals surface area contributed by atoms with Crippen molar-refractivity contribution >= 4 is 29.4 Å². The van der Waals surface area contributed by atoms with Crippen molar-refractivity contribution in [1.29, 1.82) is 0 Å². The van der Waals surface area contributed by atoms with Crippen molar-refractivity contribution in [3.05, 3.63) is 0 Å². The Labute approximate surface area is 98.5 Å².